The van der Waals surface area contributed by atoms with Crippen LogP contribution in [0.15, 0.2) is 89.8 Å². The van der Waals surface area contributed by atoms with E-state index in [9.17, 15) is 4.79 Å². The summed E-state index contributed by atoms with van der Waals surface area (Å²) in [4.78, 5) is 13.5. The van der Waals surface area contributed by atoms with Crippen LogP contribution < -0.4 is 5.32 Å². The maximum Gasteiger partial charge on any atom is 0.252 e. The van der Waals surface area contributed by atoms with E-state index in [0.717, 1.165) is 21.8 Å². The van der Waals surface area contributed by atoms with Crippen LogP contribution in [-0.4, -0.2) is 5.91 Å². The van der Waals surface area contributed by atoms with Gasteiger partial charge in [-0.25, -0.2) is 0 Å². The SMILES string of the molecule is O=C(NCc1ccccc1)c1ccccc1SCc1ccccc1. The van der Waals surface area contributed by atoms with Gasteiger partial charge in [0.05, 0.1) is 5.56 Å². The lowest BCUT2D eigenvalue weighted by Gasteiger charge is -2.10. The number of benzene rings is 3. The summed E-state index contributed by atoms with van der Waals surface area (Å²) in [6.45, 7) is 0.539. The van der Waals surface area contributed by atoms with Gasteiger partial charge in [0.15, 0.2) is 0 Å². The maximum atomic E-state index is 12.5. The van der Waals surface area contributed by atoms with Crippen molar-refractivity contribution in [1.82, 2.24) is 5.32 Å². The molecule has 3 heteroatoms. The van der Waals surface area contributed by atoms with Crippen molar-refractivity contribution in [3.63, 3.8) is 0 Å². The van der Waals surface area contributed by atoms with Crippen molar-refractivity contribution in [2.75, 3.05) is 0 Å². The molecule has 2 nitrogen and oxygen atoms in total. The molecule has 0 aliphatic rings. The van der Waals surface area contributed by atoms with Crippen molar-refractivity contribution in [2.45, 2.75) is 17.2 Å². The van der Waals surface area contributed by atoms with E-state index >= 15 is 0 Å². The molecule has 0 unspecified atom stereocenters. The van der Waals surface area contributed by atoms with Gasteiger partial charge in [-0.05, 0) is 23.3 Å². The maximum absolute atomic E-state index is 12.5. The van der Waals surface area contributed by atoms with Crippen LogP contribution in [-0.2, 0) is 12.3 Å². The third-order valence-electron chi connectivity index (χ3n) is 3.66. The largest absolute Gasteiger partial charge is 0.348 e. The summed E-state index contributed by atoms with van der Waals surface area (Å²) in [6, 6.07) is 28.0. The van der Waals surface area contributed by atoms with Gasteiger partial charge >= 0.3 is 0 Å². The van der Waals surface area contributed by atoms with E-state index in [1.807, 2.05) is 72.8 Å². The Morgan fingerprint density at radius 3 is 2.04 bits per heavy atom. The van der Waals surface area contributed by atoms with Crippen LogP contribution in [0.3, 0.4) is 0 Å². The Kier molecular flexibility index (Phi) is 5.70. The number of rotatable bonds is 6. The molecular formula is C21H19NOS. The van der Waals surface area contributed by atoms with Crippen LogP contribution in [0.2, 0.25) is 0 Å². The van der Waals surface area contributed by atoms with Gasteiger partial charge in [-0.15, -0.1) is 11.8 Å². The molecule has 3 aromatic rings. The molecule has 24 heavy (non-hydrogen) atoms. The zero-order chi connectivity index (χ0) is 16.6. The van der Waals surface area contributed by atoms with Gasteiger partial charge in [0, 0.05) is 17.2 Å². The predicted molar refractivity (Wildman–Crippen MR) is 100 cm³/mol. The molecule has 0 bridgehead atoms. The lowest BCUT2D eigenvalue weighted by atomic mass is 10.2. The number of nitrogens with one attached hydrogen (secondary N) is 1. The fourth-order valence-electron chi connectivity index (χ4n) is 2.39. The summed E-state index contributed by atoms with van der Waals surface area (Å²) in [5, 5.41) is 3.00. The number of amides is 1. The van der Waals surface area contributed by atoms with E-state index in [1.165, 1.54) is 5.56 Å². The van der Waals surface area contributed by atoms with Crippen LogP contribution in [0.1, 0.15) is 21.5 Å². The van der Waals surface area contributed by atoms with Crippen molar-refractivity contribution >= 4 is 17.7 Å². The Morgan fingerprint density at radius 2 is 1.33 bits per heavy atom. The Balaban J connectivity index is 1.65. The average molecular weight is 333 g/mol. The van der Waals surface area contributed by atoms with Crippen LogP contribution in [0.25, 0.3) is 0 Å². The molecule has 3 aromatic carbocycles. The molecule has 120 valence electrons. The zero-order valence-corrected chi connectivity index (χ0v) is 14.1. The fraction of sp³-hybridized carbons (Fsp3) is 0.0952. The highest BCUT2D eigenvalue weighted by molar-refractivity contribution is 7.98. The van der Waals surface area contributed by atoms with Crippen molar-refractivity contribution in [1.29, 1.82) is 0 Å². The van der Waals surface area contributed by atoms with Crippen molar-refractivity contribution < 1.29 is 4.79 Å². The van der Waals surface area contributed by atoms with Gasteiger partial charge in [-0.3, -0.25) is 4.79 Å². The van der Waals surface area contributed by atoms with Crippen molar-refractivity contribution in [2.24, 2.45) is 0 Å². The van der Waals surface area contributed by atoms with E-state index in [-0.39, 0.29) is 5.91 Å². The molecule has 0 fully saturated rings. The summed E-state index contributed by atoms with van der Waals surface area (Å²) in [6.07, 6.45) is 0. The minimum Gasteiger partial charge on any atom is -0.348 e. The second kappa shape index (κ2) is 8.37. The van der Waals surface area contributed by atoms with Gasteiger partial charge in [-0.1, -0.05) is 72.8 Å². The monoisotopic (exact) mass is 333 g/mol. The Morgan fingerprint density at radius 1 is 0.750 bits per heavy atom. The summed E-state index contributed by atoms with van der Waals surface area (Å²) in [7, 11) is 0. The first-order valence-corrected chi connectivity index (χ1v) is 8.89. The molecule has 1 amide bonds. The first-order chi connectivity index (χ1) is 11.8. The van der Waals surface area contributed by atoms with E-state index in [4.69, 9.17) is 0 Å². The molecule has 0 saturated heterocycles. The molecule has 0 spiro atoms. The van der Waals surface area contributed by atoms with Crippen LogP contribution >= 0.6 is 11.8 Å². The molecule has 0 aliphatic heterocycles. The predicted octanol–water partition coefficient (Wildman–Crippen LogP) is 4.91. The third kappa shape index (κ3) is 4.49. The van der Waals surface area contributed by atoms with Gasteiger partial charge in [0.2, 0.25) is 0 Å². The Hall–Kier alpha value is -2.52. The molecule has 3 rings (SSSR count). The van der Waals surface area contributed by atoms with Gasteiger partial charge in [0.1, 0.15) is 0 Å². The molecule has 0 aromatic heterocycles. The Labute approximate surface area is 146 Å². The highest BCUT2D eigenvalue weighted by Gasteiger charge is 2.11. The topological polar surface area (TPSA) is 29.1 Å². The fourth-order valence-corrected chi connectivity index (χ4v) is 3.39. The van der Waals surface area contributed by atoms with Gasteiger partial charge in [0.25, 0.3) is 5.91 Å². The normalized spacial score (nSPS) is 10.3. The molecule has 0 heterocycles. The quantitative estimate of drug-likeness (QED) is 0.650. The molecule has 0 aliphatic carbocycles. The van der Waals surface area contributed by atoms with Crippen LogP contribution in [0.5, 0.6) is 0 Å². The number of carbonyl (C=O) groups is 1. The minimum atomic E-state index is -0.0324. The van der Waals surface area contributed by atoms with Crippen molar-refractivity contribution in [3.8, 4) is 0 Å². The first kappa shape index (κ1) is 16.3. The average Bonchev–Trinajstić information content (AvgIpc) is 2.66. The van der Waals surface area contributed by atoms with E-state index in [2.05, 4.69) is 17.4 Å². The lowest BCUT2D eigenvalue weighted by molar-refractivity contribution is 0.0948. The van der Waals surface area contributed by atoms with E-state index in [1.54, 1.807) is 11.8 Å². The lowest BCUT2D eigenvalue weighted by Crippen LogP contribution is -2.23. The second-order valence-corrected chi connectivity index (χ2v) is 6.46. The number of hydrogen-bond donors (Lipinski definition) is 1. The molecule has 0 atom stereocenters. The molecule has 1 N–H and O–H groups in total. The third-order valence-corrected chi connectivity index (χ3v) is 4.81. The summed E-state index contributed by atoms with van der Waals surface area (Å²) in [5.74, 6) is 0.819. The summed E-state index contributed by atoms with van der Waals surface area (Å²) in [5.41, 5.74) is 3.08. The second-order valence-electron chi connectivity index (χ2n) is 5.44. The standard InChI is InChI=1S/C21H19NOS/c23-21(22-15-17-9-3-1-4-10-17)19-13-7-8-14-20(19)24-16-18-11-5-2-6-12-18/h1-14H,15-16H2,(H,22,23). The van der Waals surface area contributed by atoms with E-state index in [0.29, 0.717) is 6.54 Å². The van der Waals surface area contributed by atoms with Crippen molar-refractivity contribution in [3.05, 3.63) is 102 Å². The highest BCUT2D eigenvalue weighted by Crippen LogP contribution is 2.26. The molecule has 0 saturated carbocycles. The smallest absolute Gasteiger partial charge is 0.252 e. The van der Waals surface area contributed by atoms with Gasteiger partial charge < -0.3 is 5.32 Å². The number of carbonyl (C=O) groups excluding carboxylic acids is 1. The Bertz CT molecular complexity index is 787. The number of hydrogen-bond acceptors (Lipinski definition) is 2. The highest BCUT2D eigenvalue weighted by atomic mass is 32.2. The van der Waals surface area contributed by atoms with E-state index < -0.39 is 0 Å². The van der Waals surface area contributed by atoms with Crippen LogP contribution in [0.4, 0.5) is 0 Å². The zero-order valence-electron chi connectivity index (χ0n) is 13.3. The van der Waals surface area contributed by atoms with Gasteiger partial charge in [-0.2, -0.15) is 0 Å². The molecule has 0 radical (unpaired) electrons. The minimum absolute atomic E-state index is 0.0324. The molecular weight excluding hydrogens is 314 g/mol. The summed E-state index contributed by atoms with van der Waals surface area (Å²) < 4.78 is 0. The first-order valence-electron chi connectivity index (χ1n) is 7.91. The van der Waals surface area contributed by atoms with Crippen LogP contribution in [0, 0.1) is 0 Å². The number of thioether (sulfide) groups is 1. The summed E-state index contributed by atoms with van der Waals surface area (Å²) >= 11 is 1.69.